The summed E-state index contributed by atoms with van der Waals surface area (Å²) in [5, 5.41) is 29.0. The second-order valence-corrected chi connectivity index (χ2v) is 10.7. The van der Waals surface area contributed by atoms with Gasteiger partial charge in [0.05, 0.1) is 13.2 Å². The molecule has 0 radical (unpaired) electrons. The van der Waals surface area contributed by atoms with Crippen LogP contribution in [0.25, 0.3) is 0 Å². The van der Waals surface area contributed by atoms with Gasteiger partial charge < -0.3 is 24.8 Å². The van der Waals surface area contributed by atoms with Crippen molar-refractivity contribution < 1.29 is 24.8 Å². The first-order valence-corrected chi connectivity index (χ1v) is 13.1. The zero-order chi connectivity index (χ0) is 23.9. The van der Waals surface area contributed by atoms with Gasteiger partial charge in [-0.1, -0.05) is 84.3 Å². The number of ether oxygens (including phenoxy) is 2. The number of hydrogen-bond donors (Lipinski definition) is 3. The molecule has 6 atom stereocenters. The summed E-state index contributed by atoms with van der Waals surface area (Å²) in [6.07, 6.45) is 11.7. The molecule has 1 fully saturated rings. The minimum atomic E-state index is -1.21. The molecule has 32 heavy (non-hydrogen) atoms. The number of unbranched alkanes of at least 4 members (excludes halogenated alkanes) is 1. The van der Waals surface area contributed by atoms with E-state index in [1.807, 2.05) is 0 Å². The molecule has 1 heterocycles. The molecule has 0 aromatic carbocycles. The van der Waals surface area contributed by atoms with Crippen LogP contribution in [0.2, 0.25) is 0 Å². The summed E-state index contributed by atoms with van der Waals surface area (Å²) in [6, 6.07) is 0. The van der Waals surface area contributed by atoms with Gasteiger partial charge in [-0.05, 0) is 50.4 Å². The Hall–Kier alpha value is -0.460. The number of hydrogen-bond acceptors (Lipinski definition) is 5. The van der Waals surface area contributed by atoms with Crippen molar-refractivity contribution in [2.75, 3.05) is 13.2 Å². The Morgan fingerprint density at radius 1 is 0.875 bits per heavy atom. The third kappa shape index (κ3) is 13.3. The predicted octanol–water partition coefficient (Wildman–Crippen LogP) is 5.61. The highest BCUT2D eigenvalue weighted by Crippen LogP contribution is 2.22. The number of aliphatic hydroxyl groups is 3. The lowest BCUT2D eigenvalue weighted by molar-refractivity contribution is -0.269. The van der Waals surface area contributed by atoms with Crippen molar-refractivity contribution in [3.63, 3.8) is 0 Å². The zero-order valence-corrected chi connectivity index (χ0v) is 21.5. The molecule has 0 saturated carbocycles. The molecule has 190 valence electrons. The van der Waals surface area contributed by atoms with Crippen LogP contribution in [-0.2, 0) is 9.47 Å². The number of allylic oxidation sites excluding steroid dienone is 2. The lowest BCUT2D eigenvalue weighted by Crippen LogP contribution is -2.53. The summed E-state index contributed by atoms with van der Waals surface area (Å²) >= 11 is 0. The number of aliphatic hydroxyl groups excluding tert-OH is 3. The summed E-state index contributed by atoms with van der Waals surface area (Å²) in [7, 11) is 0. The average Bonchev–Trinajstić information content (AvgIpc) is 2.73. The van der Waals surface area contributed by atoms with E-state index in [1.54, 1.807) is 0 Å². The molecule has 1 aliphatic heterocycles. The first-order valence-electron chi connectivity index (χ1n) is 13.1. The van der Waals surface area contributed by atoms with Crippen molar-refractivity contribution in [1.82, 2.24) is 0 Å². The minimum Gasteiger partial charge on any atom is -0.388 e. The van der Waals surface area contributed by atoms with Gasteiger partial charge in [0.1, 0.15) is 18.3 Å². The molecular weight excluding hydrogens is 404 g/mol. The molecule has 5 nitrogen and oxygen atoms in total. The summed E-state index contributed by atoms with van der Waals surface area (Å²) in [5.74, 6) is 2.53. The van der Waals surface area contributed by atoms with Crippen molar-refractivity contribution in [2.24, 2.45) is 17.8 Å². The van der Waals surface area contributed by atoms with Crippen LogP contribution in [0, 0.1) is 17.8 Å². The fourth-order valence-corrected chi connectivity index (χ4v) is 4.37. The maximum atomic E-state index is 9.86. The van der Waals surface area contributed by atoms with Crippen LogP contribution in [0.4, 0.5) is 0 Å². The van der Waals surface area contributed by atoms with Crippen LogP contribution in [0.3, 0.4) is 0 Å². The second kappa shape index (κ2) is 17.0. The van der Waals surface area contributed by atoms with Gasteiger partial charge in [-0.2, -0.15) is 0 Å². The molecule has 0 spiro atoms. The smallest absolute Gasteiger partial charge is 0.186 e. The third-order valence-electron chi connectivity index (χ3n) is 6.72. The highest BCUT2D eigenvalue weighted by Gasteiger charge is 2.37. The van der Waals surface area contributed by atoms with Gasteiger partial charge in [0, 0.05) is 0 Å². The molecule has 1 aliphatic rings. The van der Waals surface area contributed by atoms with Gasteiger partial charge >= 0.3 is 0 Å². The van der Waals surface area contributed by atoms with E-state index in [9.17, 15) is 15.3 Å². The van der Waals surface area contributed by atoms with E-state index in [2.05, 4.69) is 40.7 Å². The Bertz CT molecular complexity index is 492. The SMILES string of the molecule is CC(=CCCCO[C@H]1OC[C@@H](O)[C@H](O)[C@H]1O)CCCC(C)CCCC(C)CCCC(C)C. The van der Waals surface area contributed by atoms with E-state index < -0.39 is 24.6 Å². The summed E-state index contributed by atoms with van der Waals surface area (Å²) in [4.78, 5) is 0. The minimum absolute atomic E-state index is 0.0162. The second-order valence-electron chi connectivity index (χ2n) is 10.7. The van der Waals surface area contributed by atoms with Gasteiger partial charge in [0.2, 0.25) is 0 Å². The average molecular weight is 457 g/mol. The fraction of sp³-hybridized carbons (Fsp3) is 0.926. The van der Waals surface area contributed by atoms with Crippen LogP contribution in [0.1, 0.15) is 105 Å². The van der Waals surface area contributed by atoms with E-state index in [4.69, 9.17) is 9.47 Å². The molecule has 3 N–H and O–H groups in total. The molecule has 0 aliphatic carbocycles. The van der Waals surface area contributed by atoms with Crippen molar-refractivity contribution in [3.8, 4) is 0 Å². The van der Waals surface area contributed by atoms with Crippen molar-refractivity contribution >= 4 is 0 Å². The fourth-order valence-electron chi connectivity index (χ4n) is 4.37. The largest absolute Gasteiger partial charge is 0.388 e. The lowest BCUT2D eigenvalue weighted by Gasteiger charge is -2.34. The summed E-state index contributed by atoms with van der Waals surface area (Å²) in [5.41, 5.74) is 1.43. The maximum absolute atomic E-state index is 9.86. The molecular formula is C27H52O5. The van der Waals surface area contributed by atoms with Gasteiger partial charge in [0.25, 0.3) is 0 Å². The highest BCUT2D eigenvalue weighted by molar-refractivity contribution is 4.97. The molecule has 2 unspecified atom stereocenters. The molecule has 1 saturated heterocycles. The molecule has 5 heteroatoms. The maximum Gasteiger partial charge on any atom is 0.186 e. The zero-order valence-electron chi connectivity index (χ0n) is 21.5. The van der Waals surface area contributed by atoms with E-state index >= 15 is 0 Å². The van der Waals surface area contributed by atoms with Crippen LogP contribution in [0.5, 0.6) is 0 Å². The number of rotatable bonds is 17. The van der Waals surface area contributed by atoms with Crippen molar-refractivity contribution in [2.45, 2.75) is 130 Å². The topological polar surface area (TPSA) is 79.2 Å². The van der Waals surface area contributed by atoms with E-state index in [0.717, 1.165) is 37.0 Å². The molecule has 0 aromatic rings. The standard InChI is InChI=1S/C27H52O5/c1-20(2)11-8-13-22(4)15-10-17-23(5)16-9-14-21(3)12-6-7-18-31-27-26(30)25(29)24(28)19-32-27/h12,20,22-30H,6-11,13-19H2,1-5H3/t22?,23?,24-,25+,26-,27+/m1/s1. The van der Waals surface area contributed by atoms with Gasteiger partial charge in [-0.15, -0.1) is 0 Å². The van der Waals surface area contributed by atoms with Crippen LogP contribution in [-0.4, -0.2) is 53.1 Å². The lowest BCUT2D eigenvalue weighted by atomic mass is 9.91. The predicted molar refractivity (Wildman–Crippen MR) is 131 cm³/mol. The Morgan fingerprint density at radius 3 is 2.09 bits per heavy atom. The van der Waals surface area contributed by atoms with Gasteiger partial charge in [-0.25, -0.2) is 0 Å². The van der Waals surface area contributed by atoms with Crippen molar-refractivity contribution in [3.05, 3.63) is 11.6 Å². The van der Waals surface area contributed by atoms with Gasteiger partial charge in [0.15, 0.2) is 6.29 Å². The Morgan fingerprint density at radius 2 is 1.47 bits per heavy atom. The van der Waals surface area contributed by atoms with E-state index in [0.29, 0.717) is 6.61 Å². The van der Waals surface area contributed by atoms with E-state index in [1.165, 1.54) is 56.9 Å². The molecule has 0 aromatic heterocycles. The van der Waals surface area contributed by atoms with Crippen LogP contribution < -0.4 is 0 Å². The highest BCUT2D eigenvalue weighted by atomic mass is 16.7. The normalized spacial score (nSPS) is 26.5. The summed E-state index contributed by atoms with van der Waals surface area (Å²) in [6.45, 7) is 12.1. The first kappa shape index (κ1) is 29.6. The van der Waals surface area contributed by atoms with Crippen LogP contribution in [0.15, 0.2) is 11.6 Å². The molecule has 0 amide bonds. The summed E-state index contributed by atoms with van der Waals surface area (Å²) < 4.78 is 10.8. The van der Waals surface area contributed by atoms with E-state index in [-0.39, 0.29) is 6.61 Å². The van der Waals surface area contributed by atoms with Crippen LogP contribution >= 0.6 is 0 Å². The Kier molecular flexibility index (Phi) is 15.8. The monoisotopic (exact) mass is 456 g/mol. The third-order valence-corrected chi connectivity index (χ3v) is 6.72. The Balaban J connectivity index is 2.03. The quantitative estimate of drug-likeness (QED) is 0.196. The Labute approximate surface area is 197 Å². The first-order chi connectivity index (χ1) is 15.2. The molecule has 1 rings (SSSR count). The molecule has 0 bridgehead atoms. The van der Waals surface area contributed by atoms with Gasteiger partial charge in [-0.3, -0.25) is 0 Å². The van der Waals surface area contributed by atoms with Crippen molar-refractivity contribution in [1.29, 1.82) is 0 Å².